The Morgan fingerprint density at radius 3 is 2.79 bits per heavy atom. The third-order valence-corrected chi connectivity index (χ3v) is 5.05. The highest BCUT2D eigenvalue weighted by Crippen LogP contribution is 2.25. The summed E-state index contributed by atoms with van der Waals surface area (Å²) in [7, 11) is 0. The molecule has 0 aliphatic heterocycles. The molecule has 0 saturated heterocycles. The van der Waals surface area contributed by atoms with Gasteiger partial charge < -0.3 is 4.74 Å². The topological polar surface area (TPSA) is 64.1 Å². The maximum Gasteiger partial charge on any atom is 0.266 e. The van der Waals surface area contributed by atoms with E-state index in [4.69, 9.17) is 4.74 Å². The standard InChI is InChI=1S/C17H17N3O2S2/c1-10-6-7-13(9-11(10)2)22-12(3)16(21)19-17-18-15(20-24-17)14-5-4-8-23-14/h4-9,12H,1-3H3,(H,18,19,20,21)/t12-/m0/s1. The molecule has 0 fully saturated rings. The van der Waals surface area contributed by atoms with Crippen LogP contribution < -0.4 is 10.1 Å². The van der Waals surface area contributed by atoms with Crippen LogP contribution in [0.25, 0.3) is 10.7 Å². The molecule has 0 spiro atoms. The van der Waals surface area contributed by atoms with Crippen LogP contribution in [0.15, 0.2) is 35.7 Å². The van der Waals surface area contributed by atoms with E-state index < -0.39 is 6.10 Å². The molecule has 7 heteroatoms. The minimum absolute atomic E-state index is 0.248. The number of anilines is 1. The van der Waals surface area contributed by atoms with Gasteiger partial charge in [0.25, 0.3) is 5.91 Å². The molecule has 3 aromatic rings. The minimum atomic E-state index is -0.624. The molecule has 0 radical (unpaired) electrons. The van der Waals surface area contributed by atoms with Crippen LogP contribution in [0.1, 0.15) is 18.1 Å². The molecule has 0 aliphatic rings. The van der Waals surface area contributed by atoms with Gasteiger partial charge in [0.15, 0.2) is 11.9 Å². The molecule has 124 valence electrons. The summed E-state index contributed by atoms with van der Waals surface area (Å²) in [5.41, 5.74) is 2.32. The van der Waals surface area contributed by atoms with Gasteiger partial charge in [0.05, 0.1) is 4.88 Å². The first-order valence-electron chi connectivity index (χ1n) is 7.45. The van der Waals surface area contributed by atoms with Crippen molar-refractivity contribution in [1.29, 1.82) is 0 Å². The number of aryl methyl sites for hydroxylation is 2. The number of hydrogen-bond donors (Lipinski definition) is 1. The molecule has 1 amide bonds. The Labute approximate surface area is 148 Å². The number of nitrogens with one attached hydrogen (secondary N) is 1. The van der Waals surface area contributed by atoms with Gasteiger partial charge in [0.1, 0.15) is 5.75 Å². The second-order valence-electron chi connectivity index (χ2n) is 5.40. The first-order chi connectivity index (χ1) is 11.5. The summed E-state index contributed by atoms with van der Waals surface area (Å²) in [5.74, 6) is 1.06. The average molecular weight is 359 g/mol. The highest BCUT2D eigenvalue weighted by Gasteiger charge is 2.17. The van der Waals surface area contributed by atoms with E-state index in [1.807, 2.05) is 49.6 Å². The largest absolute Gasteiger partial charge is 0.481 e. The van der Waals surface area contributed by atoms with Gasteiger partial charge in [0, 0.05) is 11.5 Å². The Kier molecular flexibility index (Phi) is 4.92. The van der Waals surface area contributed by atoms with Crippen molar-refractivity contribution in [2.24, 2.45) is 0 Å². The molecular formula is C17H17N3O2S2. The molecule has 1 aromatic carbocycles. The van der Waals surface area contributed by atoms with E-state index in [9.17, 15) is 4.79 Å². The van der Waals surface area contributed by atoms with Crippen LogP contribution in [-0.4, -0.2) is 21.4 Å². The van der Waals surface area contributed by atoms with Crippen molar-refractivity contribution in [1.82, 2.24) is 9.36 Å². The second-order valence-corrected chi connectivity index (χ2v) is 7.10. The first kappa shape index (κ1) is 16.6. The minimum Gasteiger partial charge on any atom is -0.481 e. The smallest absolute Gasteiger partial charge is 0.266 e. The average Bonchev–Trinajstić information content (AvgIpc) is 3.21. The van der Waals surface area contributed by atoms with Gasteiger partial charge in [-0.05, 0) is 55.5 Å². The summed E-state index contributed by atoms with van der Waals surface area (Å²) in [6, 6.07) is 9.67. The quantitative estimate of drug-likeness (QED) is 0.738. The van der Waals surface area contributed by atoms with Crippen molar-refractivity contribution >= 4 is 33.9 Å². The number of thiophene rings is 1. The maximum absolute atomic E-state index is 12.3. The molecule has 2 heterocycles. The number of nitrogens with zero attached hydrogens (tertiary/aromatic N) is 2. The fourth-order valence-corrected chi connectivity index (χ4v) is 3.33. The van der Waals surface area contributed by atoms with E-state index in [0.717, 1.165) is 22.0 Å². The summed E-state index contributed by atoms with van der Waals surface area (Å²) < 4.78 is 9.97. The molecule has 5 nitrogen and oxygen atoms in total. The van der Waals surface area contributed by atoms with Crippen molar-refractivity contribution in [3.63, 3.8) is 0 Å². The Bertz CT molecular complexity index is 843. The van der Waals surface area contributed by atoms with Gasteiger partial charge in [-0.15, -0.1) is 11.3 Å². The van der Waals surface area contributed by atoms with E-state index in [0.29, 0.717) is 16.7 Å². The van der Waals surface area contributed by atoms with Gasteiger partial charge in [-0.1, -0.05) is 12.1 Å². The first-order valence-corrected chi connectivity index (χ1v) is 9.10. The van der Waals surface area contributed by atoms with Crippen LogP contribution in [0.3, 0.4) is 0 Å². The lowest BCUT2D eigenvalue weighted by Gasteiger charge is -2.14. The van der Waals surface area contributed by atoms with Gasteiger partial charge in [-0.3, -0.25) is 10.1 Å². The third-order valence-electron chi connectivity index (χ3n) is 3.56. The van der Waals surface area contributed by atoms with E-state index in [-0.39, 0.29) is 5.91 Å². The molecule has 24 heavy (non-hydrogen) atoms. The van der Waals surface area contributed by atoms with Crippen molar-refractivity contribution in [2.45, 2.75) is 26.9 Å². The number of rotatable bonds is 5. The van der Waals surface area contributed by atoms with E-state index in [1.54, 1.807) is 18.3 Å². The Hall–Kier alpha value is -2.25. The van der Waals surface area contributed by atoms with Crippen LogP contribution in [-0.2, 0) is 4.79 Å². The summed E-state index contributed by atoms with van der Waals surface area (Å²) in [6.07, 6.45) is -0.624. The maximum atomic E-state index is 12.3. The Morgan fingerprint density at radius 1 is 1.25 bits per heavy atom. The van der Waals surface area contributed by atoms with Gasteiger partial charge >= 0.3 is 0 Å². The SMILES string of the molecule is Cc1ccc(O[C@@H](C)C(=O)Nc2nc(-c3cccs3)ns2)cc1C. The molecule has 0 saturated carbocycles. The van der Waals surface area contributed by atoms with Crippen molar-refractivity contribution in [3.8, 4) is 16.5 Å². The van der Waals surface area contributed by atoms with Crippen LogP contribution in [0.2, 0.25) is 0 Å². The Morgan fingerprint density at radius 2 is 2.08 bits per heavy atom. The molecule has 3 rings (SSSR count). The number of ether oxygens (including phenoxy) is 1. The number of carbonyl (C=O) groups is 1. The molecule has 2 aromatic heterocycles. The molecule has 0 bridgehead atoms. The van der Waals surface area contributed by atoms with Crippen LogP contribution in [0.5, 0.6) is 5.75 Å². The summed E-state index contributed by atoms with van der Waals surface area (Å²) >= 11 is 2.73. The lowest BCUT2D eigenvalue weighted by Crippen LogP contribution is -2.30. The van der Waals surface area contributed by atoms with E-state index in [2.05, 4.69) is 14.7 Å². The zero-order chi connectivity index (χ0) is 17.1. The van der Waals surface area contributed by atoms with Crippen LogP contribution in [0.4, 0.5) is 5.13 Å². The van der Waals surface area contributed by atoms with E-state index >= 15 is 0 Å². The summed E-state index contributed by atoms with van der Waals surface area (Å²) in [5, 5.41) is 5.19. The Balaban J connectivity index is 1.63. The molecular weight excluding hydrogens is 342 g/mol. The predicted molar refractivity (Wildman–Crippen MR) is 97.9 cm³/mol. The van der Waals surface area contributed by atoms with Crippen LogP contribution in [0, 0.1) is 13.8 Å². The van der Waals surface area contributed by atoms with Crippen molar-refractivity contribution in [3.05, 3.63) is 46.8 Å². The highest BCUT2D eigenvalue weighted by atomic mass is 32.1. The zero-order valence-corrected chi connectivity index (χ0v) is 15.2. The number of amides is 1. The summed E-state index contributed by atoms with van der Waals surface area (Å²) in [4.78, 5) is 17.6. The lowest BCUT2D eigenvalue weighted by molar-refractivity contribution is -0.122. The predicted octanol–water partition coefficient (Wildman–Crippen LogP) is 4.29. The van der Waals surface area contributed by atoms with E-state index in [1.165, 1.54) is 5.56 Å². The van der Waals surface area contributed by atoms with Gasteiger partial charge in [0.2, 0.25) is 5.13 Å². The monoisotopic (exact) mass is 359 g/mol. The number of carbonyl (C=O) groups excluding carboxylic acids is 1. The lowest BCUT2D eigenvalue weighted by atomic mass is 10.1. The molecule has 0 aliphatic carbocycles. The fraction of sp³-hybridized carbons (Fsp3) is 0.235. The van der Waals surface area contributed by atoms with Crippen molar-refractivity contribution in [2.75, 3.05) is 5.32 Å². The summed E-state index contributed by atoms with van der Waals surface area (Å²) in [6.45, 7) is 5.77. The van der Waals surface area contributed by atoms with Crippen molar-refractivity contribution < 1.29 is 9.53 Å². The highest BCUT2D eigenvalue weighted by molar-refractivity contribution is 7.14. The zero-order valence-electron chi connectivity index (χ0n) is 13.6. The van der Waals surface area contributed by atoms with Gasteiger partial charge in [-0.2, -0.15) is 9.36 Å². The molecule has 0 unspecified atom stereocenters. The van der Waals surface area contributed by atoms with Gasteiger partial charge in [-0.25, -0.2) is 0 Å². The number of hydrogen-bond acceptors (Lipinski definition) is 6. The fourth-order valence-electron chi connectivity index (χ4n) is 2.03. The number of benzene rings is 1. The molecule has 1 N–H and O–H groups in total. The third kappa shape index (κ3) is 3.80. The van der Waals surface area contributed by atoms with Crippen LogP contribution >= 0.6 is 22.9 Å². The second kappa shape index (κ2) is 7.11. The molecule has 1 atom stereocenters. The number of aromatic nitrogens is 2. The normalized spacial score (nSPS) is 12.0.